The summed E-state index contributed by atoms with van der Waals surface area (Å²) in [6, 6.07) is 0. The van der Waals surface area contributed by atoms with Crippen molar-refractivity contribution in [3.63, 3.8) is 0 Å². The van der Waals surface area contributed by atoms with Gasteiger partial charge in [-0.05, 0) is 46.5 Å². The molecule has 0 spiro atoms. The second kappa shape index (κ2) is 7.80. The zero-order valence-corrected chi connectivity index (χ0v) is 17.3. The number of nitrogens with zero attached hydrogens (tertiary/aromatic N) is 1. The maximum atomic E-state index is 12.4. The van der Waals surface area contributed by atoms with Crippen LogP contribution in [0.2, 0.25) is 0 Å². The highest BCUT2D eigenvalue weighted by molar-refractivity contribution is 7.91. The van der Waals surface area contributed by atoms with Crippen molar-refractivity contribution in [2.75, 3.05) is 36.9 Å². The molecular formula is C16H32N2O5S2. The summed E-state index contributed by atoms with van der Waals surface area (Å²) in [4.78, 5) is 2.27. The van der Waals surface area contributed by atoms with E-state index in [4.69, 9.17) is 4.74 Å². The fraction of sp³-hybridized carbons (Fsp3) is 1.00. The number of sulfone groups is 1. The van der Waals surface area contributed by atoms with Crippen LogP contribution in [-0.2, 0) is 24.6 Å². The lowest BCUT2D eigenvalue weighted by molar-refractivity contribution is -0.0945. The van der Waals surface area contributed by atoms with Crippen LogP contribution in [0.1, 0.15) is 40.5 Å². The predicted molar refractivity (Wildman–Crippen MR) is 98.8 cm³/mol. The monoisotopic (exact) mass is 396 g/mol. The van der Waals surface area contributed by atoms with Crippen LogP contribution in [0.4, 0.5) is 0 Å². The molecule has 0 saturated carbocycles. The van der Waals surface area contributed by atoms with Gasteiger partial charge < -0.3 is 4.74 Å². The van der Waals surface area contributed by atoms with Gasteiger partial charge in [0, 0.05) is 25.2 Å². The molecule has 2 rings (SSSR count). The quantitative estimate of drug-likeness (QED) is 0.707. The standard InChI is InChI=1S/C16H32N2O5S2/c1-13-9-18(10-14(2)23-13)16(3,4)12-17-25(21,22)11-15-5-7-24(19,20)8-6-15/h13-15,17H,5-12H2,1-4H3/t13-,14-/m1/s1. The Balaban J connectivity index is 1.88. The molecule has 2 aliphatic heterocycles. The molecule has 2 fully saturated rings. The van der Waals surface area contributed by atoms with Gasteiger partial charge in [0.05, 0.1) is 29.5 Å². The fourth-order valence-corrected chi connectivity index (χ4v) is 6.78. The summed E-state index contributed by atoms with van der Waals surface area (Å²) < 4.78 is 56.2. The zero-order valence-electron chi connectivity index (χ0n) is 15.7. The van der Waals surface area contributed by atoms with E-state index in [1.807, 2.05) is 27.7 Å². The van der Waals surface area contributed by atoms with E-state index in [0.29, 0.717) is 19.4 Å². The summed E-state index contributed by atoms with van der Waals surface area (Å²) in [5, 5.41) is 0. The highest BCUT2D eigenvalue weighted by atomic mass is 32.2. The van der Waals surface area contributed by atoms with Crippen molar-refractivity contribution < 1.29 is 21.6 Å². The minimum atomic E-state index is -3.42. The van der Waals surface area contributed by atoms with E-state index in [2.05, 4.69) is 9.62 Å². The van der Waals surface area contributed by atoms with Crippen molar-refractivity contribution in [2.24, 2.45) is 5.92 Å². The van der Waals surface area contributed by atoms with Crippen LogP contribution < -0.4 is 4.72 Å². The van der Waals surface area contributed by atoms with E-state index in [-0.39, 0.29) is 40.9 Å². The number of sulfonamides is 1. The molecule has 2 saturated heterocycles. The molecule has 9 heteroatoms. The Morgan fingerprint density at radius 1 is 1.12 bits per heavy atom. The highest BCUT2D eigenvalue weighted by Gasteiger charge is 2.34. The first kappa shape index (κ1) is 21.1. The van der Waals surface area contributed by atoms with E-state index >= 15 is 0 Å². The normalized spacial score (nSPS) is 29.6. The van der Waals surface area contributed by atoms with Gasteiger partial charge >= 0.3 is 0 Å². The lowest BCUT2D eigenvalue weighted by atomic mass is 10.0. The van der Waals surface area contributed by atoms with Gasteiger partial charge in [0.15, 0.2) is 0 Å². The molecule has 0 amide bonds. The number of hydrogen-bond donors (Lipinski definition) is 1. The van der Waals surface area contributed by atoms with Gasteiger partial charge in [-0.25, -0.2) is 21.6 Å². The third kappa shape index (κ3) is 6.46. The number of nitrogens with one attached hydrogen (secondary N) is 1. The van der Waals surface area contributed by atoms with Crippen LogP contribution in [0, 0.1) is 5.92 Å². The Kier molecular flexibility index (Phi) is 6.58. The number of hydrogen-bond acceptors (Lipinski definition) is 6. The molecule has 0 aromatic rings. The first-order chi connectivity index (χ1) is 11.4. The summed E-state index contributed by atoms with van der Waals surface area (Å²) in [5.74, 6) is 0.131. The van der Waals surface area contributed by atoms with Crippen molar-refractivity contribution >= 4 is 19.9 Å². The maximum Gasteiger partial charge on any atom is 0.211 e. The van der Waals surface area contributed by atoms with Crippen LogP contribution in [0.15, 0.2) is 0 Å². The SMILES string of the molecule is C[C@@H]1CN(C(C)(C)CNS(=O)(=O)CC2CCS(=O)(=O)CC2)C[C@@H](C)O1. The Labute approximate surface area is 152 Å². The molecule has 2 aliphatic rings. The molecule has 0 bridgehead atoms. The van der Waals surface area contributed by atoms with E-state index in [9.17, 15) is 16.8 Å². The van der Waals surface area contributed by atoms with E-state index < -0.39 is 19.9 Å². The van der Waals surface area contributed by atoms with Crippen LogP contribution in [-0.4, -0.2) is 76.4 Å². The molecule has 1 N–H and O–H groups in total. The molecule has 0 unspecified atom stereocenters. The number of ether oxygens (including phenoxy) is 1. The third-order valence-corrected chi connectivity index (χ3v) is 8.34. The minimum Gasteiger partial charge on any atom is -0.373 e. The summed E-state index contributed by atoms with van der Waals surface area (Å²) >= 11 is 0. The van der Waals surface area contributed by atoms with Gasteiger partial charge in [-0.2, -0.15) is 0 Å². The van der Waals surface area contributed by atoms with Crippen molar-refractivity contribution in [1.29, 1.82) is 0 Å². The summed E-state index contributed by atoms with van der Waals surface area (Å²) in [6.45, 7) is 10.0. The average molecular weight is 397 g/mol. The lowest BCUT2D eigenvalue weighted by Gasteiger charge is -2.45. The van der Waals surface area contributed by atoms with Gasteiger partial charge in [-0.1, -0.05) is 0 Å². The first-order valence-corrected chi connectivity index (χ1v) is 12.4. The summed E-state index contributed by atoms with van der Waals surface area (Å²) in [5.41, 5.74) is -0.310. The molecule has 0 aliphatic carbocycles. The first-order valence-electron chi connectivity index (χ1n) is 8.97. The Hall–Kier alpha value is -0.220. The highest BCUT2D eigenvalue weighted by Crippen LogP contribution is 2.22. The zero-order chi connectivity index (χ0) is 18.9. The van der Waals surface area contributed by atoms with Crippen LogP contribution in [0.3, 0.4) is 0 Å². The van der Waals surface area contributed by atoms with Gasteiger partial charge in [-0.3, -0.25) is 4.90 Å². The topological polar surface area (TPSA) is 92.8 Å². The minimum absolute atomic E-state index is 0.00845. The second-order valence-electron chi connectivity index (χ2n) is 8.17. The van der Waals surface area contributed by atoms with Crippen molar-refractivity contribution in [2.45, 2.75) is 58.3 Å². The Bertz CT molecular complexity index is 636. The molecule has 0 radical (unpaired) electrons. The molecule has 2 atom stereocenters. The number of rotatable bonds is 6. The van der Waals surface area contributed by atoms with Crippen LogP contribution >= 0.6 is 0 Å². The summed E-state index contributed by atoms with van der Waals surface area (Å²) in [6.07, 6.45) is 1.13. The van der Waals surface area contributed by atoms with Gasteiger partial charge in [0.1, 0.15) is 9.84 Å². The second-order valence-corrected chi connectivity index (χ2v) is 12.3. The van der Waals surface area contributed by atoms with E-state index in [1.165, 1.54) is 0 Å². The van der Waals surface area contributed by atoms with Gasteiger partial charge in [-0.15, -0.1) is 0 Å². The van der Waals surface area contributed by atoms with Gasteiger partial charge in [0.2, 0.25) is 10.0 Å². The molecular weight excluding hydrogens is 364 g/mol. The van der Waals surface area contributed by atoms with E-state index in [1.54, 1.807) is 0 Å². The maximum absolute atomic E-state index is 12.4. The predicted octanol–water partition coefficient (Wildman–Crippen LogP) is 0.618. The lowest BCUT2D eigenvalue weighted by Crippen LogP contribution is -2.58. The molecule has 7 nitrogen and oxygen atoms in total. The van der Waals surface area contributed by atoms with Crippen LogP contribution in [0.5, 0.6) is 0 Å². The average Bonchev–Trinajstić information content (AvgIpc) is 2.47. The Morgan fingerprint density at radius 2 is 1.64 bits per heavy atom. The molecule has 25 heavy (non-hydrogen) atoms. The van der Waals surface area contributed by atoms with Crippen LogP contribution in [0.25, 0.3) is 0 Å². The van der Waals surface area contributed by atoms with Crippen molar-refractivity contribution in [1.82, 2.24) is 9.62 Å². The smallest absolute Gasteiger partial charge is 0.211 e. The fourth-order valence-electron chi connectivity index (χ4n) is 3.55. The summed E-state index contributed by atoms with van der Waals surface area (Å²) in [7, 11) is -6.39. The molecule has 0 aromatic carbocycles. The number of morpholine rings is 1. The van der Waals surface area contributed by atoms with E-state index in [0.717, 1.165) is 13.1 Å². The van der Waals surface area contributed by atoms with Crippen molar-refractivity contribution in [3.8, 4) is 0 Å². The largest absolute Gasteiger partial charge is 0.373 e. The Morgan fingerprint density at radius 3 is 2.16 bits per heavy atom. The molecule has 2 heterocycles. The third-order valence-electron chi connectivity index (χ3n) is 5.13. The van der Waals surface area contributed by atoms with Crippen molar-refractivity contribution in [3.05, 3.63) is 0 Å². The molecule has 0 aromatic heterocycles. The van der Waals surface area contributed by atoms with Gasteiger partial charge in [0.25, 0.3) is 0 Å². The molecule has 148 valence electrons.